The van der Waals surface area contributed by atoms with Crippen molar-refractivity contribution in [2.75, 3.05) is 5.32 Å². The van der Waals surface area contributed by atoms with E-state index in [0.717, 1.165) is 0 Å². The van der Waals surface area contributed by atoms with Crippen molar-refractivity contribution in [3.63, 3.8) is 0 Å². The lowest BCUT2D eigenvalue weighted by molar-refractivity contribution is -0.114. The third-order valence-electron chi connectivity index (χ3n) is 2.79. The molecule has 1 N–H and O–H groups in total. The van der Waals surface area contributed by atoms with Gasteiger partial charge < -0.3 is 10.1 Å². The van der Waals surface area contributed by atoms with Gasteiger partial charge in [0.1, 0.15) is 6.61 Å². The molecule has 0 saturated heterocycles. The van der Waals surface area contributed by atoms with Crippen molar-refractivity contribution in [2.24, 2.45) is 0 Å². The van der Waals surface area contributed by atoms with E-state index < -0.39 is 5.97 Å². The molecule has 2 aromatic carbocycles. The monoisotopic (exact) mass is 337 g/mol. The highest BCUT2D eigenvalue weighted by Crippen LogP contribution is 2.22. The average Bonchev–Trinajstić information content (AvgIpc) is 2.45. The van der Waals surface area contributed by atoms with Gasteiger partial charge in [-0.15, -0.1) is 0 Å². The van der Waals surface area contributed by atoms with E-state index in [1.54, 1.807) is 42.5 Å². The molecule has 4 nitrogen and oxygen atoms in total. The number of anilines is 1. The fraction of sp³-hybridized carbons (Fsp3) is 0.125. The molecule has 0 saturated carbocycles. The summed E-state index contributed by atoms with van der Waals surface area (Å²) in [5.74, 6) is -0.711. The highest BCUT2D eigenvalue weighted by Gasteiger charge is 2.10. The molecule has 114 valence electrons. The highest BCUT2D eigenvalue weighted by molar-refractivity contribution is 6.35. The Morgan fingerprint density at radius 2 is 1.91 bits per heavy atom. The molecule has 0 radical (unpaired) electrons. The number of esters is 1. The Balaban J connectivity index is 2.04. The van der Waals surface area contributed by atoms with Crippen molar-refractivity contribution >= 4 is 40.8 Å². The van der Waals surface area contributed by atoms with E-state index >= 15 is 0 Å². The summed E-state index contributed by atoms with van der Waals surface area (Å²) in [6.07, 6.45) is 0. The zero-order chi connectivity index (χ0) is 16.1. The van der Waals surface area contributed by atoms with Crippen LogP contribution >= 0.6 is 23.2 Å². The first kappa shape index (κ1) is 16.3. The number of hydrogen-bond acceptors (Lipinski definition) is 3. The summed E-state index contributed by atoms with van der Waals surface area (Å²) >= 11 is 11.8. The molecule has 0 unspecified atom stereocenters. The van der Waals surface area contributed by atoms with Gasteiger partial charge in [-0.25, -0.2) is 4.79 Å². The predicted octanol–water partition coefficient (Wildman–Crippen LogP) is 4.31. The van der Waals surface area contributed by atoms with E-state index in [9.17, 15) is 9.59 Å². The minimum Gasteiger partial charge on any atom is -0.457 e. The summed E-state index contributed by atoms with van der Waals surface area (Å²) in [6.45, 7) is 1.44. The number of amides is 1. The van der Waals surface area contributed by atoms with E-state index in [4.69, 9.17) is 27.9 Å². The SMILES string of the molecule is CC(=O)Nc1cccc(C(=O)OCc2ccc(Cl)cc2Cl)c1. The van der Waals surface area contributed by atoms with Gasteiger partial charge in [0.05, 0.1) is 5.56 Å². The van der Waals surface area contributed by atoms with Crippen LogP contribution in [-0.4, -0.2) is 11.9 Å². The first-order chi connectivity index (χ1) is 10.5. The van der Waals surface area contributed by atoms with Crippen LogP contribution in [0.15, 0.2) is 42.5 Å². The van der Waals surface area contributed by atoms with E-state index in [1.165, 1.54) is 6.92 Å². The lowest BCUT2D eigenvalue weighted by Gasteiger charge is -2.08. The van der Waals surface area contributed by atoms with Gasteiger partial charge in [-0.2, -0.15) is 0 Å². The molecule has 0 atom stereocenters. The molecular weight excluding hydrogens is 325 g/mol. The van der Waals surface area contributed by atoms with E-state index in [-0.39, 0.29) is 12.5 Å². The highest BCUT2D eigenvalue weighted by atomic mass is 35.5. The summed E-state index contributed by atoms with van der Waals surface area (Å²) < 4.78 is 5.22. The molecule has 2 rings (SSSR count). The fourth-order valence-electron chi connectivity index (χ4n) is 1.79. The van der Waals surface area contributed by atoms with Crippen LogP contribution in [0.5, 0.6) is 0 Å². The van der Waals surface area contributed by atoms with Gasteiger partial charge in [-0.1, -0.05) is 35.3 Å². The van der Waals surface area contributed by atoms with Crippen LogP contribution in [0.2, 0.25) is 10.0 Å². The Labute approximate surface area is 138 Å². The Morgan fingerprint density at radius 1 is 1.14 bits per heavy atom. The second-order valence-corrected chi connectivity index (χ2v) is 5.42. The van der Waals surface area contributed by atoms with Crippen molar-refractivity contribution in [1.82, 2.24) is 0 Å². The summed E-state index contributed by atoms with van der Waals surface area (Å²) in [5, 5.41) is 3.56. The van der Waals surface area contributed by atoms with Crippen molar-refractivity contribution < 1.29 is 14.3 Å². The standard InChI is InChI=1S/C16H13Cl2NO3/c1-10(20)19-14-4-2-3-11(7-14)16(21)22-9-12-5-6-13(17)8-15(12)18/h2-8H,9H2,1H3,(H,19,20). The topological polar surface area (TPSA) is 55.4 Å². The van der Waals surface area contributed by atoms with E-state index in [0.29, 0.717) is 26.9 Å². The predicted molar refractivity (Wildman–Crippen MR) is 86.3 cm³/mol. The van der Waals surface area contributed by atoms with Gasteiger partial charge in [0.25, 0.3) is 0 Å². The van der Waals surface area contributed by atoms with Crippen LogP contribution in [0, 0.1) is 0 Å². The van der Waals surface area contributed by atoms with Crippen LogP contribution in [0.3, 0.4) is 0 Å². The zero-order valence-electron chi connectivity index (χ0n) is 11.7. The molecule has 1 amide bonds. The van der Waals surface area contributed by atoms with Crippen LogP contribution in [0.25, 0.3) is 0 Å². The van der Waals surface area contributed by atoms with Crippen LogP contribution in [0.1, 0.15) is 22.8 Å². The Morgan fingerprint density at radius 3 is 2.59 bits per heavy atom. The first-order valence-corrected chi connectivity index (χ1v) is 7.20. The molecule has 6 heteroatoms. The molecule has 0 heterocycles. The maximum atomic E-state index is 12.0. The summed E-state index contributed by atoms with van der Waals surface area (Å²) in [6, 6.07) is 11.5. The Hall–Kier alpha value is -2.04. The summed E-state index contributed by atoms with van der Waals surface area (Å²) in [7, 11) is 0. The number of halogens is 2. The largest absolute Gasteiger partial charge is 0.457 e. The van der Waals surface area contributed by atoms with Crippen LogP contribution in [-0.2, 0) is 16.1 Å². The number of benzene rings is 2. The van der Waals surface area contributed by atoms with Crippen molar-refractivity contribution in [2.45, 2.75) is 13.5 Å². The number of ether oxygens (including phenoxy) is 1. The Kier molecular flexibility index (Phi) is 5.41. The van der Waals surface area contributed by atoms with E-state index in [1.807, 2.05) is 0 Å². The lowest BCUT2D eigenvalue weighted by atomic mass is 10.2. The molecule has 0 aliphatic carbocycles. The quantitative estimate of drug-likeness (QED) is 0.845. The smallest absolute Gasteiger partial charge is 0.338 e. The van der Waals surface area contributed by atoms with Gasteiger partial charge in [0.2, 0.25) is 5.91 Å². The Bertz CT molecular complexity index is 716. The van der Waals surface area contributed by atoms with Crippen LogP contribution in [0.4, 0.5) is 5.69 Å². The minimum atomic E-state index is -0.502. The minimum absolute atomic E-state index is 0.0409. The number of carbonyl (C=O) groups excluding carboxylic acids is 2. The molecule has 2 aromatic rings. The molecule has 0 aliphatic heterocycles. The summed E-state index contributed by atoms with van der Waals surface area (Å²) in [4.78, 5) is 23.0. The lowest BCUT2D eigenvalue weighted by Crippen LogP contribution is -2.09. The molecule has 0 bridgehead atoms. The maximum absolute atomic E-state index is 12.0. The third kappa shape index (κ3) is 4.48. The third-order valence-corrected chi connectivity index (χ3v) is 3.38. The number of carbonyl (C=O) groups is 2. The fourth-order valence-corrected chi connectivity index (χ4v) is 2.26. The van der Waals surface area contributed by atoms with Crippen molar-refractivity contribution in [1.29, 1.82) is 0 Å². The van der Waals surface area contributed by atoms with E-state index in [2.05, 4.69) is 5.32 Å². The average molecular weight is 338 g/mol. The van der Waals surface area contributed by atoms with Crippen molar-refractivity contribution in [3.05, 3.63) is 63.6 Å². The van der Waals surface area contributed by atoms with Gasteiger partial charge in [-0.05, 0) is 30.3 Å². The molecule has 0 spiro atoms. The normalized spacial score (nSPS) is 10.1. The second kappa shape index (κ2) is 7.29. The molecule has 22 heavy (non-hydrogen) atoms. The maximum Gasteiger partial charge on any atom is 0.338 e. The van der Waals surface area contributed by atoms with Gasteiger partial charge in [-0.3, -0.25) is 4.79 Å². The number of hydrogen-bond donors (Lipinski definition) is 1. The molecular formula is C16H13Cl2NO3. The van der Waals surface area contributed by atoms with Gasteiger partial charge in [0, 0.05) is 28.2 Å². The zero-order valence-corrected chi connectivity index (χ0v) is 13.2. The number of nitrogens with one attached hydrogen (secondary N) is 1. The summed E-state index contributed by atoms with van der Waals surface area (Å²) in [5.41, 5.74) is 1.54. The molecule has 0 aliphatic rings. The number of rotatable bonds is 4. The van der Waals surface area contributed by atoms with Crippen LogP contribution < -0.4 is 5.32 Å². The van der Waals surface area contributed by atoms with Gasteiger partial charge >= 0.3 is 5.97 Å². The second-order valence-electron chi connectivity index (χ2n) is 4.57. The first-order valence-electron chi connectivity index (χ1n) is 6.44. The molecule has 0 aromatic heterocycles. The molecule has 0 fully saturated rings. The van der Waals surface area contributed by atoms with Crippen molar-refractivity contribution in [3.8, 4) is 0 Å². The van der Waals surface area contributed by atoms with Gasteiger partial charge in [0.15, 0.2) is 0 Å².